The summed E-state index contributed by atoms with van der Waals surface area (Å²) >= 11 is 1.52. The van der Waals surface area contributed by atoms with Gasteiger partial charge in [-0.2, -0.15) is 0 Å². The van der Waals surface area contributed by atoms with Crippen molar-refractivity contribution in [3.05, 3.63) is 41.1 Å². The van der Waals surface area contributed by atoms with Crippen LogP contribution in [0.4, 0.5) is 0 Å². The van der Waals surface area contributed by atoms with Crippen LogP contribution in [-0.2, 0) is 6.54 Å². The van der Waals surface area contributed by atoms with E-state index in [1.807, 2.05) is 34.3 Å². The van der Waals surface area contributed by atoms with Gasteiger partial charge in [0.05, 0.1) is 19.4 Å². The van der Waals surface area contributed by atoms with Crippen molar-refractivity contribution in [2.45, 2.75) is 11.7 Å². The Hall–Kier alpha value is -1.99. The van der Waals surface area contributed by atoms with Crippen LogP contribution in [0.3, 0.4) is 0 Å². The lowest BCUT2D eigenvalue weighted by molar-refractivity contribution is 0.415. The third-order valence-electron chi connectivity index (χ3n) is 2.80. The molecule has 6 nitrogen and oxygen atoms in total. The molecule has 0 radical (unpaired) electrons. The Morgan fingerprint density at radius 2 is 2.11 bits per heavy atom. The van der Waals surface area contributed by atoms with Crippen molar-refractivity contribution in [1.82, 2.24) is 14.9 Å². The zero-order valence-electron chi connectivity index (χ0n) is 10.3. The predicted octanol–water partition coefficient (Wildman–Crippen LogP) is 1.39. The van der Waals surface area contributed by atoms with Crippen LogP contribution in [0.5, 0.6) is 5.75 Å². The van der Waals surface area contributed by atoms with Crippen LogP contribution in [0.25, 0.3) is 5.70 Å². The molecule has 7 heteroatoms. The molecule has 0 atom stereocenters. The zero-order chi connectivity index (χ0) is 13.2. The molecule has 3 N–H and O–H groups in total. The predicted molar refractivity (Wildman–Crippen MR) is 74.1 cm³/mol. The molecule has 1 aliphatic rings. The molecule has 1 aromatic carbocycles. The molecule has 1 aliphatic heterocycles. The molecule has 0 aliphatic carbocycles. The van der Waals surface area contributed by atoms with Crippen LogP contribution >= 0.6 is 11.8 Å². The fraction of sp³-hybridized carbons (Fsp3) is 0.167. The van der Waals surface area contributed by atoms with Gasteiger partial charge in [0.15, 0.2) is 5.82 Å². The number of thioether (sulfide) groups is 1. The SMILES string of the molecule is COc1ccc(C2=CSc3nnc(CN)n3N2)cc1. The maximum absolute atomic E-state index is 5.63. The van der Waals surface area contributed by atoms with Crippen LogP contribution in [0.15, 0.2) is 34.8 Å². The molecule has 0 amide bonds. The topological polar surface area (TPSA) is 78.0 Å². The smallest absolute Gasteiger partial charge is 0.214 e. The normalized spacial score (nSPS) is 13.5. The van der Waals surface area contributed by atoms with Crippen molar-refractivity contribution >= 4 is 17.5 Å². The summed E-state index contributed by atoms with van der Waals surface area (Å²) in [5.41, 5.74) is 10.9. The number of ether oxygens (including phenoxy) is 1. The van der Waals surface area contributed by atoms with E-state index in [-0.39, 0.29) is 0 Å². The molecule has 2 heterocycles. The summed E-state index contributed by atoms with van der Waals surface area (Å²) < 4.78 is 6.96. The van der Waals surface area contributed by atoms with Gasteiger partial charge in [-0.1, -0.05) is 11.8 Å². The molecule has 98 valence electrons. The number of fused-ring (bicyclic) bond motifs is 1. The third kappa shape index (κ3) is 2.18. The number of rotatable bonds is 3. The van der Waals surface area contributed by atoms with E-state index in [9.17, 15) is 0 Å². The summed E-state index contributed by atoms with van der Waals surface area (Å²) in [6, 6.07) is 7.84. The van der Waals surface area contributed by atoms with Crippen LogP contribution in [0.1, 0.15) is 11.4 Å². The maximum Gasteiger partial charge on any atom is 0.214 e. The fourth-order valence-electron chi connectivity index (χ4n) is 1.78. The number of hydrogen-bond donors (Lipinski definition) is 2. The Morgan fingerprint density at radius 3 is 2.79 bits per heavy atom. The molecular formula is C12H13N5OS. The van der Waals surface area contributed by atoms with Gasteiger partial charge in [0, 0.05) is 11.0 Å². The number of aromatic nitrogens is 3. The monoisotopic (exact) mass is 275 g/mol. The molecule has 0 fully saturated rings. The van der Waals surface area contributed by atoms with Crippen molar-refractivity contribution < 1.29 is 4.74 Å². The van der Waals surface area contributed by atoms with E-state index < -0.39 is 0 Å². The van der Waals surface area contributed by atoms with E-state index in [0.717, 1.165) is 22.2 Å². The second-order valence-corrected chi connectivity index (χ2v) is 4.76. The molecule has 0 unspecified atom stereocenters. The Labute approximate surface area is 114 Å². The minimum absolute atomic E-state index is 0.344. The first-order chi connectivity index (χ1) is 9.31. The standard InChI is InChI=1S/C12H13N5OS/c1-18-9-4-2-8(3-5-9)10-7-19-12-15-14-11(6-13)17(12)16-10/h2-5,7,16H,6,13H2,1H3. The molecule has 1 aromatic heterocycles. The molecule has 0 saturated heterocycles. The van der Waals surface area contributed by atoms with Crippen molar-refractivity contribution in [2.75, 3.05) is 12.5 Å². The number of nitrogens with zero attached hydrogens (tertiary/aromatic N) is 3. The van der Waals surface area contributed by atoms with E-state index in [4.69, 9.17) is 10.5 Å². The van der Waals surface area contributed by atoms with Gasteiger partial charge in [0.25, 0.3) is 0 Å². The van der Waals surface area contributed by atoms with Crippen molar-refractivity contribution in [1.29, 1.82) is 0 Å². The lowest BCUT2D eigenvalue weighted by atomic mass is 10.2. The van der Waals surface area contributed by atoms with Gasteiger partial charge in [-0.15, -0.1) is 10.2 Å². The summed E-state index contributed by atoms with van der Waals surface area (Å²) in [7, 11) is 1.65. The highest BCUT2D eigenvalue weighted by molar-refractivity contribution is 8.02. The molecule has 19 heavy (non-hydrogen) atoms. The van der Waals surface area contributed by atoms with Gasteiger partial charge in [-0.3, -0.25) is 5.43 Å². The zero-order valence-corrected chi connectivity index (χ0v) is 11.1. The van der Waals surface area contributed by atoms with Crippen LogP contribution < -0.4 is 15.9 Å². The van der Waals surface area contributed by atoms with Gasteiger partial charge in [0.1, 0.15) is 5.75 Å². The number of hydrogen-bond acceptors (Lipinski definition) is 6. The maximum atomic E-state index is 5.63. The Kier molecular flexibility index (Phi) is 3.14. The highest BCUT2D eigenvalue weighted by atomic mass is 32.2. The fourth-order valence-corrected chi connectivity index (χ4v) is 2.54. The average molecular weight is 275 g/mol. The number of nitrogens with one attached hydrogen (secondary N) is 1. The average Bonchev–Trinajstić information content (AvgIpc) is 2.89. The highest BCUT2D eigenvalue weighted by Crippen LogP contribution is 2.28. The third-order valence-corrected chi connectivity index (χ3v) is 3.63. The Balaban J connectivity index is 1.88. The Morgan fingerprint density at radius 1 is 1.32 bits per heavy atom. The highest BCUT2D eigenvalue weighted by Gasteiger charge is 2.17. The lowest BCUT2D eigenvalue weighted by Crippen LogP contribution is -2.21. The summed E-state index contributed by atoms with van der Waals surface area (Å²) in [4.78, 5) is 0. The first kappa shape index (κ1) is 12.1. The summed E-state index contributed by atoms with van der Waals surface area (Å²) in [5.74, 6) is 1.54. The molecule has 2 aromatic rings. The first-order valence-electron chi connectivity index (χ1n) is 5.74. The van der Waals surface area contributed by atoms with E-state index in [1.165, 1.54) is 11.8 Å². The van der Waals surface area contributed by atoms with Crippen LogP contribution in [0, 0.1) is 0 Å². The molecular weight excluding hydrogens is 262 g/mol. The van der Waals surface area contributed by atoms with Crippen LogP contribution in [0.2, 0.25) is 0 Å². The quantitative estimate of drug-likeness (QED) is 0.881. The summed E-state index contributed by atoms with van der Waals surface area (Å²) in [6.45, 7) is 0.344. The minimum Gasteiger partial charge on any atom is -0.497 e. The number of benzene rings is 1. The first-order valence-corrected chi connectivity index (χ1v) is 6.62. The molecule has 0 saturated carbocycles. The number of nitrogens with two attached hydrogens (primary N) is 1. The summed E-state index contributed by atoms with van der Waals surface area (Å²) in [6.07, 6.45) is 0. The van der Waals surface area contributed by atoms with Gasteiger partial charge in [-0.25, -0.2) is 4.68 Å². The van der Waals surface area contributed by atoms with E-state index in [2.05, 4.69) is 15.6 Å². The Bertz CT molecular complexity index is 620. The van der Waals surface area contributed by atoms with Gasteiger partial charge >= 0.3 is 0 Å². The van der Waals surface area contributed by atoms with E-state index >= 15 is 0 Å². The molecule has 0 bridgehead atoms. The largest absolute Gasteiger partial charge is 0.497 e. The van der Waals surface area contributed by atoms with E-state index in [0.29, 0.717) is 12.4 Å². The van der Waals surface area contributed by atoms with Crippen molar-refractivity contribution in [2.24, 2.45) is 5.73 Å². The van der Waals surface area contributed by atoms with Crippen molar-refractivity contribution in [3.8, 4) is 5.75 Å². The second kappa shape index (κ2) is 4.94. The van der Waals surface area contributed by atoms with Crippen molar-refractivity contribution in [3.63, 3.8) is 0 Å². The van der Waals surface area contributed by atoms with Gasteiger partial charge in [-0.05, 0) is 24.3 Å². The van der Waals surface area contributed by atoms with E-state index in [1.54, 1.807) is 7.11 Å². The lowest BCUT2D eigenvalue weighted by Gasteiger charge is -2.18. The molecule has 0 spiro atoms. The second-order valence-electron chi connectivity index (χ2n) is 3.93. The van der Waals surface area contributed by atoms with Gasteiger partial charge in [0.2, 0.25) is 5.16 Å². The molecule has 3 rings (SSSR count). The summed E-state index contributed by atoms with van der Waals surface area (Å²) in [5, 5.41) is 10.9. The van der Waals surface area contributed by atoms with Gasteiger partial charge < -0.3 is 10.5 Å². The number of methoxy groups -OCH3 is 1. The minimum atomic E-state index is 0.344. The van der Waals surface area contributed by atoms with Crippen LogP contribution in [-0.4, -0.2) is 22.0 Å².